The Balaban J connectivity index is 2.08. The summed E-state index contributed by atoms with van der Waals surface area (Å²) in [6.45, 7) is 1.16. The first-order valence-electron chi connectivity index (χ1n) is 5.49. The van der Waals surface area contributed by atoms with E-state index in [0.29, 0.717) is 12.2 Å². The van der Waals surface area contributed by atoms with Gasteiger partial charge in [-0.05, 0) is 25.0 Å². The topological polar surface area (TPSA) is 29.5 Å². The Morgan fingerprint density at radius 1 is 1.44 bits per heavy atom. The van der Waals surface area contributed by atoms with E-state index in [9.17, 15) is 9.18 Å². The predicted octanol–water partition coefficient (Wildman–Crippen LogP) is 1.82. The van der Waals surface area contributed by atoms with Crippen molar-refractivity contribution in [3.63, 3.8) is 0 Å². The lowest BCUT2D eigenvalue weighted by Crippen LogP contribution is -2.36. The maximum atomic E-state index is 13.5. The van der Waals surface area contributed by atoms with Crippen LogP contribution in [0.3, 0.4) is 0 Å². The molecule has 4 heteroatoms. The summed E-state index contributed by atoms with van der Waals surface area (Å²) in [5.41, 5.74) is 0.351. The van der Waals surface area contributed by atoms with Gasteiger partial charge >= 0.3 is 0 Å². The Hall–Kier alpha value is -1.58. The van der Waals surface area contributed by atoms with E-state index < -0.39 is 5.82 Å². The zero-order valence-corrected chi connectivity index (χ0v) is 8.78. The number of hydrogen-bond donors (Lipinski definition) is 0. The summed E-state index contributed by atoms with van der Waals surface area (Å²) in [4.78, 5) is 13.9. The number of hydrogen-bond acceptors (Lipinski definition) is 2. The van der Waals surface area contributed by atoms with E-state index >= 15 is 0 Å². The molecule has 1 fully saturated rings. The zero-order chi connectivity index (χ0) is 11.1. The smallest absolute Gasteiger partial charge is 0.258 e. The number of rotatable bonds is 0. The van der Waals surface area contributed by atoms with Gasteiger partial charge in [0.2, 0.25) is 0 Å². The van der Waals surface area contributed by atoms with Gasteiger partial charge in [-0.15, -0.1) is 0 Å². The lowest BCUT2D eigenvalue weighted by atomic mass is 10.1. The summed E-state index contributed by atoms with van der Waals surface area (Å²) in [5, 5.41) is 0. The molecule has 2 heterocycles. The predicted molar refractivity (Wildman–Crippen MR) is 56.0 cm³/mol. The molecule has 84 valence electrons. The van der Waals surface area contributed by atoms with Crippen molar-refractivity contribution in [2.75, 3.05) is 13.2 Å². The minimum absolute atomic E-state index is 0.102. The van der Waals surface area contributed by atoms with E-state index in [-0.39, 0.29) is 17.7 Å². The number of fused-ring (bicyclic) bond motifs is 2. The summed E-state index contributed by atoms with van der Waals surface area (Å²) >= 11 is 0. The number of benzene rings is 1. The van der Waals surface area contributed by atoms with Crippen LogP contribution in [-0.2, 0) is 0 Å². The molecule has 0 N–H and O–H groups in total. The summed E-state index contributed by atoms with van der Waals surface area (Å²) in [5.74, 6) is -0.441. The molecule has 0 spiro atoms. The van der Waals surface area contributed by atoms with Crippen LogP contribution in [0.4, 0.5) is 4.39 Å². The molecule has 0 bridgehead atoms. The Morgan fingerprint density at radius 3 is 3.19 bits per heavy atom. The Labute approximate surface area is 92.8 Å². The van der Waals surface area contributed by atoms with E-state index in [1.165, 1.54) is 6.07 Å². The molecule has 1 saturated heterocycles. The molecule has 3 nitrogen and oxygen atoms in total. The van der Waals surface area contributed by atoms with Crippen molar-refractivity contribution in [3.05, 3.63) is 29.6 Å². The molecule has 1 aromatic carbocycles. The first kappa shape index (κ1) is 9.63. The Kier molecular flexibility index (Phi) is 2.09. The average molecular weight is 221 g/mol. The monoisotopic (exact) mass is 221 g/mol. The van der Waals surface area contributed by atoms with Crippen molar-refractivity contribution in [3.8, 4) is 5.75 Å². The van der Waals surface area contributed by atoms with Gasteiger partial charge in [-0.3, -0.25) is 4.79 Å². The van der Waals surface area contributed by atoms with Crippen molar-refractivity contribution in [1.29, 1.82) is 0 Å². The fourth-order valence-electron chi connectivity index (χ4n) is 2.43. The molecule has 0 saturated carbocycles. The highest BCUT2D eigenvalue weighted by atomic mass is 19.1. The quantitative estimate of drug-likeness (QED) is 0.668. The summed E-state index contributed by atoms with van der Waals surface area (Å²) in [6.07, 6.45) is 1.95. The number of ether oxygens (including phenoxy) is 1. The number of nitrogens with zero attached hydrogens (tertiary/aromatic N) is 1. The van der Waals surface area contributed by atoms with Crippen molar-refractivity contribution in [2.24, 2.45) is 0 Å². The van der Waals surface area contributed by atoms with Crippen LogP contribution in [0, 0.1) is 5.82 Å². The van der Waals surface area contributed by atoms with Crippen LogP contribution in [0.25, 0.3) is 0 Å². The van der Waals surface area contributed by atoms with Crippen LogP contribution in [0.1, 0.15) is 23.2 Å². The molecule has 1 amide bonds. The van der Waals surface area contributed by atoms with Crippen molar-refractivity contribution < 1.29 is 13.9 Å². The van der Waals surface area contributed by atoms with Crippen LogP contribution >= 0.6 is 0 Å². The van der Waals surface area contributed by atoms with E-state index in [4.69, 9.17) is 4.74 Å². The van der Waals surface area contributed by atoms with E-state index in [1.54, 1.807) is 17.0 Å². The summed E-state index contributed by atoms with van der Waals surface area (Å²) in [6, 6.07) is 4.61. The molecule has 1 aromatic rings. The fraction of sp³-hybridized carbons (Fsp3) is 0.417. The van der Waals surface area contributed by atoms with Crippen molar-refractivity contribution in [1.82, 2.24) is 4.90 Å². The van der Waals surface area contributed by atoms with Gasteiger partial charge in [0, 0.05) is 6.54 Å². The third-order valence-electron chi connectivity index (χ3n) is 3.26. The van der Waals surface area contributed by atoms with Crippen molar-refractivity contribution >= 4 is 5.91 Å². The molecular weight excluding hydrogens is 209 g/mol. The third-order valence-corrected chi connectivity index (χ3v) is 3.26. The molecule has 2 aliphatic heterocycles. The lowest BCUT2D eigenvalue weighted by molar-refractivity contribution is 0.0726. The van der Waals surface area contributed by atoms with Gasteiger partial charge < -0.3 is 9.64 Å². The SMILES string of the molecule is O=C1c2cccc(F)c2OC[C@@H]2CCCN12. The van der Waals surface area contributed by atoms with Crippen LogP contribution < -0.4 is 4.74 Å². The molecule has 0 unspecified atom stereocenters. The molecule has 16 heavy (non-hydrogen) atoms. The second kappa shape index (κ2) is 3.47. The van der Waals surface area contributed by atoms with Gasteiger partial charge in [0.1, 0.15) is 6.61 Å². The highest BCUT2D eigenvalue weighted by Gasteiger charge is 2.34. The first-order valence-corrected chi connectivity index (χ1v) is 5.49. The number of carbonyl (C=O) groups excluding carboxylic acids is 1. The van der Waals surface area contributed by atoms with Crippen molar-refractivity contribution in [2.45, 2.75) is 18.9 Å². The lowest BCUT2D eigenvalue weighted by Gasteiger charge is -2.20. The van der Waals surface area contributed by atoms with Gasteiger partial charge in [-0.25, -0.2) is 4.39 Å². The summed E-state index contributed by atoms with van der Waals surface area (Å²) < 4.78 is 18.9. The molecule has 2 aliphatic rings. The van der Waals surface area contributed by atoms with E-state index in [2.05, 4.69) is 0 Å². The van der Waals surface area contributed by atoms with Crippen LogP contribution in [0.5, 0.6) is 5.75 Å². The molecule has 0 radical (unpaired) electrons. The third kappa shape index (κ3) is 1.29. The molecular formula is C12H12FNO2. The Morgan fingerprint density at radius 2 is 2.31 bits per heavy atom. The largest absolute Gasteiger partial charge is 0.488 e. The van der Waals surface area contributed by atoms with Crippen LogP contribution in [0.15, 0.2) is 18.2 Å². The first-order chi connectivity index (χ1) is 7.77. The van der Waals surface area contributed by atoms with E-state index in [1.807, 2.05) is 0 Å². The fourth-order valence-corrected chi connectivity index (χ4v) is 2.43. The summed E-state index contributed by atoms with van der Waals surface area (Å²) in [7, 11) is 0. The standard InChI is InChI=1S/C12H12FNO2/c13-10-5-1-4-9-11(10)16-7-8-3-2-6-14(8)12(9)15/h1,4-5,8H,2-3,6-7H2/t8-/m0/s1. The zero-order valence-electron chi connectivity index (χ0n) is 8.78. The number of carbonyl (C=O) groups is 1. The highest BCUT2D eigenvalue weighted by Crippen LogP contribution is 2.31. The van der Waals surface area contributed by atoms with Gasteiger partial charge in [-0.1, -0.05) is 6.07 Å². The minimum Gasteiger partial charge on any atom is -0.488 e. The van der Waals surface area contributed by atoms with Crippen LogP contribution in [-0.4, -0.2) is 30.0 Å². The second-order valence-electron chi connectivity index (χ2n) is 4.22. The Bertz CT molecular complexity index is 447. The average Bonchev–Trinajstić information content (AvgIpc) is 2.70. The maximum absolute atomic E-state index is 13.5. The molecule has 0 aliphatic carbocycles. The molecule has 3 rings (SSSR count). The molecule has 1 atom stereocenters. The minimum atomic E-state index is -0.452. The molecule has 0 aromatic heterocycles. The number of para-hydroxylation sites is 1. The number of halogens is 1. The van der Waals surface area contributed by atoms with Gasteiger partial charge in [0.15, 0.2) is 11.6 Å². The number of amides is 1. The van der Waals surface area contributed by atoms with Gasteiger partial charge in [0.05, 0.1) is 11.6 Å². The van der Waals surface area contributed by atoms with Gasteiger partial charge in [-0.2, -0.15) is 0 Å². The van der Waals surface area contributed by atoms with Crippen LogP contribution in [0.2, 0.25) is 0 Å². The highest BCUT2D eigenvalue weighted by molar-refractivity contribution is 5.97. The maximum Gasteiger partial charge on any atom is 0.258 e. The van der Waals surface area contributed by atoms with Gasteiger partial charge in [0.25, 0.3) is 5.91 Å². The van der Waals surface area contributed by atoms with E-state index in [0.717, 1.165) is 19.4 Å². The normalized spacial score (nSPS) is 23.4. The second-order valence-corrected chi connectivity index (χ2v) is 4.22.